The first-order chi connectivity index (χ1) is 20.3. The number of piperidine rings is 1. The molecule has 2 aliphatic heterocycles. The van der Waals surface area contributed by atoms with Crippen molar-refractivity contribution in [3.63, 3.8) is 0 Å². The number of H-pyrrole nitrogens is 1. The van der Waals surface area contributed by atoms with E-state index in [1.54, 1.807) is 38.5 Å². The van der Waals surface area contributed by atoms with E-state index in [1.165, 1.54) is 30.7 Å². The van der Waals surface area contributed by atoms with Crippen molar-refractivity contribution in [1.29, 1.82) is 0 Å². The van der Waals surface area contributed by atoms with Crippen molar-refractivity contribution < 1.29 is 33.3 Å². The molecule has 222 valence electrons. The summed E-state index contributed by atoms with van der Waals surface area (Å²) in [6, 6.07) is 13.0. The number of benzene rings is 2. The van der Waals surface area contributed by atoms with Crippen LogP contribution in [-0.4, -0.2) is 74.4 Å². The number of esters is 2. The average molecular weight is 576 g/mol. The van der Waals surface area contributed by atoms with Gasteiger partial charge in [0.25, 0.3) is 0 Å². The van der Waals surface area contributed by atoms with Crippen molar-refractivity contribution in [3.05, 3.63) is 59.3 Å². The van der Waals surface area contributed by atoms with E-state index in [2.05, 4.69) is 21.3 Å². The Morgan fingerprint density at radius 2 is 1.86 bits per heavy atom. The first-order valence-corrected chi connectivity index (χ1v) is 14.4. The Morgan fingerprint density at radius 3 is 2.60 bits per heavy atom. The molecule has 1 amide bonds. The SMILES string of the molecule is COC(=O)[C@H]1[C@H]2C[C@@H]3c4[nH]c5cc(OC)ccc5c4CCN3C[C@H]2C[C@@H](OC(=O)c2ccccc2NC(C)=O)[C@@H]1OC. The number of nitrogens with one attached hydrogen (secondary N) is 2. The standard InChI is InChI=1S/C32H37N3O7/c1-17(36)33-24-8-6-5-7-22(24)31(37)42-27-13-18-16-35-12-11-21-20-10-9-19(39-2)14-25(20)34-29(21)26(35)15-23(18)28(30(27)40-3)32(38)41-4/h5-10,14,18,23,26-28,30,34H,11-13,15-16H2,1-4H3,(H,33,36)/t18-,23+,26-,27-,28+,30+/m1/s1. The molecule has 3 aliphatic rings. The number of amides is 1. The summed E-state index contributed by atoms with van der Waals surface area (Å²) >= 11 is 0. The zero-order valence-electron chi connectivity index (χ0n) is 24.3. The highest BCUT2D eigenvalue weighted by atomic mass is 16.6. The minimum absolute atomic E-state index is 0.0165. The molecule has 2 fully saturated rings. The predicted molar refractivity (Wildman–Crippen MR) is 155 cm³/mol. The Balaban J connectivity index is 1.29. The molecule has 1 aromatic heterocycles. The van der Waals surface area contributed by atoms with Gasteiger partial charge in [0.15, 0.2) is 0 Å². The van der Waals surface area contributed by atoms with Crippen molar-refractivity contribution in [1.82, 2.24) is 9.88 Å². The van der Waals surface area contributed by atoms with Crippen LogP contribution in [0.25, 0.3) is 10.9 Å². The largest absolute Gasteiger partial charge is 0.497 e. The fraction of sp³-hybridized carbons (Fsp3) is 0.469. The number of hydrogen-bond donors (Lipinski definition) is 2. The molecule has 3 aromatic rings. The van der Waals surface area contributed by atoms with Gasteiger partial charge in [-0.3, -0.25) is 14.5 Å². The number of para-hydroxylation sites is 1. The van der Waals surface area contributed by atoms with E-state index < -0.39 is 24.1 Å². The normalized spacial score (nSPS) is 26.9. The fourth-order valence-electron chi connectivity index (χ4n) is 7.52. The monoisotopic (exact) mass is 575 g/mol. The number of aromatic amines is 1. The van der Waals surface area contributed by atoms with Crippen LogP contribution in [0.4, 0.5) is 5.69 Å². The number of hydrogen-bond acceptors (Lipinski definition) is 8. The third kappa shape index (κ3) is 4.92. The molecule has 42 heavy (non-hydrogen) atoms. The maximum absolute atomic E-state index is 13.4. The van der Waals surface area contributed by atoms with Gasteiger partial charge < -0.3 is 29.2 Å². The molecular weight excluding hydrogens is 538 g/mol. The van der Waals surface area contributed by atoms with Gasteiger partial charge in [-0.2, -0.15) is 0 Å². The Bertz CT molecular complexity index is 1520. The molecule has 1 aliphatic carbocycles. The Hall–Kier alpha value is -3.89. The summed E-state index contributed by atoms with van der Waals surface area (Å²) in [4.78, 5) is 44.6. The van der Waals surface area contributed by atoms with Gasteiger partial charge >= 0.3 is 11.9 Å². The molecule has 1 saturated carbocycles. The van der Waals surface area contributed by atoms with Crippen LogP contribution in [0.3, 0.4) is 0 Å². The van der Waals surface area contributed by atoms with E-state index in [-0.39, 0.29) is 35.3 Å². The summed E-state index contributed by atoms with van der Waals surface area (Å²) in [5.74, 6) is -0.919. The van der Waals surface area contributed by atoms with Crippen LogP contribution in [0.2, 0.25) is 0 Å². The van der Waals surface area contributed by atoms with Crippen LogP contribution >= 0.6 is 0 Å². The lowest BCUT2D eigenvalue weighted by Gasteiger charge is -2.52. The summed E-state index contributed by atoms with van der Waals surface area (Å²) in [5.41, 5.74) is 4.21. The summed E-state index contributed by atoms with van der Waals surface area (Å²) in [6.07, 6.45) is 0.917. The van der Waals surface area contributed by atoms with Gasteiger partial charge in [-0.1, -0.05) is 12.1 Å². The third-order valence-corrected chi connectivity index (χ3v) is 9.32. The van der Waals surface area contributed by atoms with Gasteiger partial charge in [0.2, 0.25) is 5.91 Å². The number of nitrogens with zero attached hydrogens (tertiary/aromatic N) is 1. The molecule has 2 N–H and O–H groups in total. The number of fused-ring (bicyclic) bond motifs is 6. The second-order valence-corrected chi connectivity index (χ2v) is 11.5. The van der Waals surface area contributed by atoms with Crippen LogP contribution in [0.1, 0.15) is 47.4 Å². The Kier molecular flexibility index (Phi) is 7.67. The van der Waals surface area contributed by atoms with Crippen LogP contribution in [0.15, 0.2) is 42.5 Å². The van der Waals surface area contributed by atoms with Crippen molar-refractivity contribution >= 4 is 34.4 Å². The van der Waals surface area contributed by atoms with Gasteiger partial charge in [0, 0.05) is 49.8 Å². The van der Waals surface area contributed by atoms with Gasteiger partial charge in [-0.25, -0.2) is 4.79 Å². The quantitative estimate of drug-likeness (QED) is 0.422. The first kappa shape index (κ1) is 28.2. The van der Waals surface area contributed by atoms with Crippen LogP contribution in [-0.2, 0) is 30.2 Å². The number of methoxy groups -OCH3 is 3. The Morgan fingerprint density at radius 1 is 1.05 bits per heavy atom. The minimum atomic E-state index is -0.669. The van der Waals surface area contributed by atoms with E-state index >= 15 is 0 Å². The van der Waals surface area contributed by atoms with Crippen LogP contribution in [0.5, 0.6) is 5.75 Å². The molecule has 2 aromatic carbocycles. The summed E-state index contributed by atoms with van der Waals surface area (Å²) < 4.78 is 22.7. The van der Waals surface area contributed by atoms with Crippen molar-refractivity contribution in [2.75, 3.05) is 39.7 Å². The number of rotatable bonds is 6. The highest BCUT2D eigenvalue weighted by Crippen LogP contribution is 2.50. The molecule has 0 radical (unpaired) electrons. The lowest BCUT2D eigenvalue weighted by Crippen LogP contribution is -2.58. The summed E-state index contributed by atoms with van der Waals surface area (Å²) in [7, 11) is 4.61. The van der Waals surface area contributed by atoms with Gasteiger partial charge in [-0.15, -0.1) is 0 Å². The molecule has 3 heterocycles. The lowest BCUT2D eigenvalue weighted by molar-refractivity contribution is -0.176. The molecule has 6 atom stereocenters. The van der Waals surface area contributed by atoms with Gasteiger partial charge in [0.1, 0.15) is 18.0 Å². The maximum atomic E-state index is 13.4. The van der Waals surface area contributed by atoms with Gasteiger partial charge in [0.05, 0.1) is 37.4 Å². The molecular formula is C32H37N3O7. The third-order valence-electron chi connectivity index (χ3n) is 9.32. The average Bonchev–Trinajstić information content (AvgIpc) is 3.37. The smallest absolute Gasteiger partial charge is 0.340 e. The second kappa shape index (κ2) is 11.4. The maximum Gasteiger partial charge on any atom is 0.340 e. The molecule has 10 nitrogen and oxygen atoms in total. The molecule has 10 heteroatoms. The van der Waals surface area contributed by atoms with E-state index in [0.29, 0.717) is 12.1 Å². The first-order valence-electron chi connectivity index (χ1n) is 14.4. The van der Waals surface area contributed by atoms with Gasteiger partial charge in [-0.05, 0) is 60.9 Å². The summed E-state index contributed by atoms with van der Waals surface area (Å²) in [6.45, 7) is 3.07. The van der Waals surface area contributed by atoms with E-state index in [4.69, 9.17) is 18.9 Å². The number of anilines is 1. The van der Waals surface area contributed by atoms with Crippen molar-refractivity contribution in [2.45, 2.75) is 44.4 Å². The Labute approximate surface area is 244 Å². The fourth-order valence-corrected chi connectivity index (χ4v) is 7.52. The molecule has 0 spiro atoms. The second-order valence-electron chi connectivity index (χ2n) is 11.5. The number of carbonyl (C=O) groups excluding carboxylic acids is 3. The van der Waals surface area contributed by atoms with Crippen molar-refractivity contribution in [3.8, 4) is 5.75 Å². The molecule has 0 unspecified atom stereocenters. The molecule has 6 rings (SSSR count). The van der Waals surface area contributed by atoms with Crippen LogP contribution in [0, 0.1) is 17.8 Å². The zero-order valence-corrected chi connectivity index (χ0v) is 24.3. The van der Waals surface area contributed by atoms with Crippen molar-refractivity contribution in [2.24, 2.45) is 17.8 Å². The highest BCUT2D eigenvalue weighted by Gasteiger charge is 2.54. The zero-order chi connectivity index (χ0) is 29.5. The molecule has 1 saturated heterocycles. The summed E-state index contributed by atoms with van der Waals surface area (Å²) in [5, 5.41) is 3.90. The predicted octanol–water partition coefficient (Wildman–Crippen LogP) is 4.10. The van der Waals surface area contributed by atoms with E-state index in [9.17, 15) is 14.4 Å². The topological polar surface area (TPSA) is 119 Å². The number of carbonyl (C=O) groups is 3. The van der Waals surface area contributed by atoms with E-state index in [0.717, 1.165) is 37.2 Å². The van der Waals surface area contributed by atoms with Crippen LogP contribution < -0.4 is 10.1 Å². The lowest BCUT2D eigenvalue weighted by atomic mass is 9.63. The number of aromatic nitrogens is 1. The molecule has 0 bridgehead atoms. The highest BCUT2D eigenvalue weighted by molar-refractivity contribution is 6.00. The number of ether oxygens (including phenoxy) is 4. The van der Waals surface area contributed by atoms with E-state index in [1.807, 2.05) is 12.1 Å². The minimum Gasteiger partial charge on any atom is -0.497 e.